The molecule has 0 aliphatic heterocycles. The third-order valence-electron chi connectivity index (χ3n) is 5.01. The lowest BCUT2D eigenvalue weighted by Crippen LogP contribution is -2.44. The lowest BCUT2D eigenvalue weighted by molar-refractivity contribution is -0.142. The minimum atomic E-state index is -0.128. The summed E-state index contributed by atoms with van der Waals surface area (Å²) in [5.74, 6) is -0.0137. The Morgan fingerprint density at radius 3 is 2.29 bits per heavy atom. The Hall–Kier alpha value is -2.18. The quantitative estimate of drug-likeness (QED) is 0.464. The Kier molecular flexibility index (Phi) is 9.72. The van der Waals surface area contributed by atoms with Gasteiger partial charge in [-0.15, -0.1) is 11.3 Å². The third-order valence-corrected chi connectivity index (χ3v) is 6.02. The molecule has 0 aliphatic rings. The van der Waals surface area contributed by atoms with Gasteiger partial charge in [-0.2, -0.15) is 0 Å². The zero-order valence-electron chi connectivity index (χ0n) is 19.5. The molecule has 2 rings (SSSR count). The van der Waals surface area contributed by atoms with E-state index in [0.717, 1.165) is 5.56 Å². The number of hydrogen-bond donors (Lipinski definition) is 0. The van der Waals surface area contributed by atoms with Crippen molar-refractivity contribution in [3.63, 3.8) is 0 Å². The van der Waals surface area contributed by atoms with E-state index in [-0.39, 0.29) is 23.8 Å². The molecule has 1 aromatic carbocycles. The van der Waals surface area contributed by atoms with E-state index in [1.54, 1.807) is 23.3 Å². The van der Waals surface area contributed by atoms with Crippen LogP contribution in [0, 0.1) is 12.3 Å². The third kappa shape index (κ3) is 8.83. The van der Waals surface area contributed by atoms with Crippen molar-refractivity contribution in [1.82, 2.24) is 9.80 Å². The largest absolute Gasteiger partial charge is 0.385 e. The second kappa shape index (κ2) is 12.0. The minimum absolute atomic E-state index is 0.0175. The highest BCUT2D eigenvalue weighted by molar-refractivity contribution is 7.10. The lowest BCUT2D eigenvalue weighted by Gasteiger charge is -2.30. The summed E-state index contributed by atoms with van der Waals surface area (Å²) < 4.78 is 5.16. The molecule has 2 amide bonds. The molecule has 0 fully saturated rings. The smallest absolute Gasteiger partial charge is 0.242 e. The summed E-state index contributed by atoms with van der Waals surface area (Å²) in [5.41, 5.74) is 2.14. The number of aryl methyl sites for hydroxylation is 1. The molecule has 0 unspecified atom stereocenters. The number of amides is 2. The molecular formula is C25H36N2O3S. The highest BCUT2D eigenvalue weighted by atomic mass is 32.1. The number of carbonyl (C=O) groups excluding carboxylic acids is 2. The maximum Gasteiger partial charge on any atom is 0.242 e. The number of hydrogen-bond acceptors (Lipinski definition) is 4. The maximum atomic E-state index is 13.4. The van der Waals surface area contributed by atoms with Gasteiger partial charge >= 0.3 is 0 Å². The molecule has 0 atom stereocenters. The van der Waals surface area contributed by atoms with Crippen LogP contribution in [0.3, 0.4) is 0 Å². The van der Waals surface area contributed by atoms with E-state index in [0.29, 0.717) is 39.1 Å². The molecule has 1 aromatic heterocycles. The normalized spacial score (nSPS) is 11.4. The first-order valence-electron chi connectivity index (χ1n) is 10.8. The Labute approximate surface area is 191 Å². The second-order valence-corrected chi connectivity index (χ2v) is 10.2. The molecule has 5 nitrogen and oxygen atoms in total. The summed E-state index contributed by atoms with van der Waals surface area (Å²) in [4.78, 5) is 31.1. The maximum absolute atomic E-state index is 13.4. The Morgan fingerprint density at radius 1 is 1.00 bits per heavy atom. The van der Waals surface area contributed by atoms with Crippen molar-refractivity contribution in [2.24, 2.45) is 5.41 Å². The number of methoxy groups -OCH3 is 1. The number of thiophene rings is 1. The van der Waals surface area contributed by atoms with E-state index in [1.807, 2.05) is 56.0 Å². The van der Waals surface area contributed by atoms with Crippen LogP contribution in [-0.4, -0.2) is 48.4 Å². The van der Waals surface area contributed by atoms with Gasteiger partial charge in [-0.25, -0.2) is 0 Å². The molecule has 0 N–H and O–H groups in total. The molecule has 0 aliphatic carbocycles. The predicted octanol–water partition coefficient (Wildman–Crippen LogP) is 4.89. The predicted molar refractivity (Wildman–Crippen MR) is 127 cm³/mol. The Morgan fingerprint density at radius 2 is 1.71 bits per heavy atom. The zero-order chi connectivity index (χ0) is 22.9. The topological polar surface area (TPSA) is 49.9 Å². The first kappa shape index (κ1) is 25.1. The molecule has 31 heavy (non-hydrogen) atoms. The van der Waals surface area contributed by atoms with E-state index in [9.17, 15) is 9.59 Å². The van der Waals surface area contributed by atoms with Gasteiger partial charge in [0.2, 0.25) is 11.8 Å². The SMILES string of the molecule is COCCCN(CC(=O)N(Cc1ccccc1)Cc1sccc1C)C(=O)CC(C)(C)C. The fraction of sp³-hybridized carbons (Fsp3) is 0.520. The van der Waals surface area contributed by atoms with E-state index >= 15 is 0 Å². The van der Waals surface area contributed by atoms with Gasteiger partial charge in [-0.1, -0.05) is 51.1 Å². The van der Waals surface area contributed by atoms with Crippen LogP contribution in [0.25, 0.3) is 0 Å². The van der Waals surface area contributed by atoms with Crippen LogP contribution in [0.1, 0.15) is 49.6 Å². The van der Waals surface area contributed by atoms with Crippen molar-refractivity contribution in [1.29, 1.82) is 0 Å². The van der Waals surface area contributed by atoms with Crippen LogP contribution in [-0.2, 0) is 27.4 Å². The standard InChI is InChI=1S/C25H36N2O3S/c1-20-12-15-31-22(20)18-27(17-21-10-7-6-8-11-21)24(29)19-26(13-9-14-30-5)23(28)16-25(2,3)4/h6-8,10-12,15H,9,13-14,16-19H2,1-5H3. The molecule has 6 heteroatoms. The van der Waals surface area contributed by atoms with Crippen molar-refractivity contribution in [3.8, 4) is 0 Å². The molecule has 0 spiro atoms. The van der Waals surface area contributed by atoms with E-state index in [4.69, 9.17) is 4.74 Å². The highest BCUT2D eigenvalue weighted by Gasteiger charge is 2.25. The number of ether oxygens (including phenoxy) is 1. The molecule has 0 saturated carbocycles. The van der Waals surface area contributed by atoms with E-state index in [1.165, 1.54) is 10.4 Å². The van der Waals surface area contributed by atoms with Crippen LogP contribution in [0.2, 0.25) is 0 Å². The van der Waals surface area contributed by atoms with Crippen molar-refractivity contribution in [3.05, 3.63) is 57.8 Å². The fourth-order valence-corrected chi connectivity index (χ4v) is 4.22. The molecule has 2 aromatic rings. The van der Waals surface area contributed by atoms with Gasteiger partial charge in [-0.05, 0) is 41.3 Å². The van der Waals surface area contributed by atoms with Gasteiger partial charge in [0.1, 0.15) is 0 Å². The average Bonchev–Trinajstić information content (AvgIpc) is 3.10. The molecular weight excluding hydrogens is 408 g/mol. The number of nitrogens with zero attached hydrogens (tertiary/aromatic N) is 2. The fourth-order valence-electron chi connectivity index (χ4n) is 3.30. The number of benzene rings is 1. The second-order valence-electron chi connectivity index (χ2n) is 9.16. The van der Waals surface area contributed by atoms with Gasteiger partial charge in [0.15, 0.2) is 0 Å². The number of carbonyl (C=O) groups is 2. The van der Waals surface area contributed by atoms with Crippen molar-refractivity contribution in [2.75, 3.05) is 26.8 Å². The van der Waals surface area contributed by atoms with Crippen LogP contribution in [0.15, 0.2) is 41.8 Å². The molecule has 1 heterocycles. The van der Waals surface area contributed by atoms with Crippen molar-refractivity contribution in [2.45, 2.75) is 53.6 Å². The summed E-state index contributed by atoms with van der Waals surface area (Å²) >= 11 is 1.66. The molecule has 170 valence electrons. The van der Waals surface area contributed by atoms with Crippen LogP contribution >= 0.6 is 11.3 Å². The highest BCUT2D eigenvalue weighted by Crippen LogP contribution is 2.22. The Balaban J connectivity index is 2.18. The first-order valence-corrected chi connectivity index (χ1v) is 11.7. The summed E-state index contributed by atoms with van der Waals surface area (Å²) in [6, 6.07) is 12.1. The summed E-state index contributed by atoms with van der Waals surface area (Å²) in [6.07, 6.45) is 1.12. The summed E-state index contributed by atoms with van der Waals surface area (Å²) in [7, 11) is 1.65. The van der Waals surface area contributed by atoms with Gasteiger partial charge in [0, 0.05) is 38.1 Å². The van der Waals surface area contributed by atoms with Gasteiger partial charge < -0.3 is 14.5 Å². The van der Waals surface area contributed by atoms with Gasteiger partial charge in [0.05, 0.1) is 13.1 Å². The van der Waals surface area contributed by atoms with E-state index < -0.39 is 0 Å². The van der Waals surface area contributed by atoms with Gasteiger partial charge in [-0.3, -0.25) is 9.59 Å². The zero-order valence-corrected chi connectivity index (χ0v) is 20.3. The molecule has 0 radical (unpaired) electrons. The van der Waals surface area contributed by atoms with Crippen molar-refractivity contribution >= 4 is 23.2 Å². The molecule has 0 bridgehead atoms. The van der Waals surface area contributed by atoms with Crippen LogP contribution in [0.4, 0.5) is 0 Å². The monoisotopic (exact) mass is 444 g/mol. The average molecular weight is 445 g/mol. The van der Waals surface area contributed by atoms with Crippen LogP contribution in [0.5, 0.6) is 0 Å². The first-order chi connectivity index (χ1) is 14.7. The van der Waals surface area contributed by atoms with Crippen molar-refractivity contribution < 1.29 is 14.3 Å². The van der Waals surface area contributed by atoms with E-state index in [2.05, 4.69) is 18.4 Å². The summed E-state index contributed by atoms with van der Waals surface area (Å²) in [5, 5.41) is 2.06. The lowest BCUT2D eigenvalue weighted by atomic mass is 9.91. The van der Waals surface area contributed by atoms with Crippen LogP contribution < -0.4 is 0 Å². The summed E-state index contributed by atoms with van der Waals surface area (Å²) in [6.45, 7) is 10.5. The number of rotatable bonds is 11. The van der Waals surface area contributed by atoms with Gasteiger partial charge in [0.25, 0.3) is 0 Å². The minimum Gasteiger partial charge on any atom is -0.385 e. The molecule has 0 saturated heterocycles. The Bertz CT molecular complexity index is 827.